The van der Waals surface area contributed by atoms with Crippen LogP contribution in [0.4, 0.5) is 0 Å². The SMILES string of the molecule is CC/C=C\C/C=C\C/C=C\C/C=C\CCCCCCCCCCC(=O)OCC(COC(=O)CCCCCCCCCCCC)OC(=O)CCCCCCC/C=C\CCCCCCCCC. The summed E-state index contributed by atoms with van der Waals surface area (Å²) in [6, 6.07) is 0. The predicted octanol–water partition coefficient (Wildman–Crippen LogP) is 18.4. The van der Waals surface area contributed by atoms with Gasteiger partial charge in [0, 0.05) is 19.3 Å². The molecule has 0 bridgehead atoms. The molecule has 0 heterocycles. The topological polar surface area (TPSA) is 78.9 Å². The number of hydrogen-bond acceptors (Lipinski definition) is 6. The molecule has 1 unspecified atom stereocenters. The molecule has 0 saturated carbocycles. The van der Waals surface area contributed by atoms with E-state index in [2.05, 4.69) is 81.5 Å². The smallest absolute Gasteiger partial charge is 0.306 e. The van der Waals surface area contributed by atoms with E-state index in [1.165, 1.54) is 135 Å². The summed E-state index contributed by atoms with van der Waals surface area (Å²) in [6.45, 7) is 6.52. The molecule has 0 saturated heterocycles. The third-order valence-electron chi connectivity index (χ3n) is 12.0. The standard InChI is InChI=1S/C59H104O6/c1-4-7-10-13-16-19-22-24-26-28-29-30-31-32-34-35-37-40-43-46-49-52-58(61)64-55-56(54-63-57(60)51-48-45-42-39-21-18-15-12-9-6-3)65-59(62)53-50-47-44-41-38-36-33-27-25-23-20-17-14-11-8-5-2/h7,10,16,19,24,26-27,29-30,33,56H,4-6,8-9,11-15,17-18,20-23,25,28,31-32,34-55H2,1-3H3/b10-7-,19-16-,26-24-,30-29-,33-27-. The van der Waals surface area contributed by atoms with Crippen molar-refractivity contribution in [1.82, 2.24) is 0 Å². The Morgan fingerprint density at radius 1 is 0.323 bits per heavy atom. The zero-order valence-electron chi connectivity index (χ0n) is 43.0. The monoisotopic (exact) mass is 909 g/mol. The second-order valence-corrected chi connectivity index (χ2v) is 18.5. The summed E-state index contributed by atoms with van der Waals surface area (Å²) in [7, 11) is 0. The molecule has 0 radical (unpaired) electrons. The summed E-state index contributed by atoms with van der Waals surface area (Å²) in [4.78, 5) is 38.0. The largest absolute Gasteiger partial charge is 0.462 e. The van der Waals surface area contributed by atoms with E-state index in [-0.39, 0.29) is 31.1 Å². The molecule has 0 aliphatic rings. The van der Waals surface area contributed by atoms with Crippen molar-refractivity contribution in [3.05, 3.63) is 60.8 Å². The normalized spacial score (nSPS) is 12.5. The van der Waals surface area contributed by atoms with E-state index < -0.39 is 6.10 Å². The Morgan fingerprint density at radius 2 is 0.600 bits per heavy atom. The van der Waals surface area contributed by atoms with Crippen LogP contribution in [0.25, 0.3) is 0 Å². The van der Waals surface area contributed by atoms with E-state index in [0.717, 1.165) is 103 Å². The second-order valence-electron chi connectivity index (χ2n) is 18.5. The Kier molecular flexibility index (Phi) is 51.3. The van der Waals surface area contributed by atoms with Crippen molar-refractivity contribution in [2.24, 2.45) is 0 Å². The van der Waals surface area contributed by atoms with Gasteiger partial charge in [-0.05, 0) is 83.5 Å². The third-order valence-corrected chi connectivity index (χ3v) is 12.0. The van der Waals surface area contributed by atoms with Gasteiger partial charge in [-0.15, -0.1) is 0 Å². The van der Waals surface area contributed by atoms with Gasteiger partial charge in [0.25, 0.3) is 0 Å². The average molecular weight is 909 g/mol. The summed E-state index contributed by atoms with van der Waals surface area (Å²) >= 11 is 0. The molecule has 0 rings (SSSR count). The Hall–Kier alpha value is -2.89. The van der Waals surface area contributed by atoms with Crippen molar-refractivity contribution < 1.29 is 28.6 Å². The van der Waals surface area contributed by atoms with E-state index in [4.69, 9.17) is 14.2 Å². The first-order valence-electron chi connectivity index (χ1n) is 27.8. The van der Waals surface area contributed by atoms with Gasteiger partial charge in [0.2, 0.25) is 0 Å². The average Bonchev–Trinajstić information content (AvgIpc) is 3.30. The van der Waals surface area contributed by atoms with Gasteiger partial charge in [-0.3, -0.25) is 14.4 Å². The molecule has 0 N–H and O–H groups in total. The minimum atomic E-state index is -0.779. The molecule has 0 aromatic carbocycles. The molecule has 65 heavy (non-hydrogen) atoms. The van der Waals surface area contributed by atoms with Crippen LogP contribution in [0.3, 0.4) is 0 Å². The zero-order chi connectivity index (χ0) is 47.2. The van der Waals surface area contributed by atoms with Gasteiger partial charge in [-0.1, -0.05) is 236 Å². The third kappa shape index (κ3) is 51.9. The summed E-state index contributed by atoms with van der Waals surface area (Å²) in [5, 5.41) is 0. The number of unbranched alkanes of at least 4 members (excludes halogenated alkanes) is 29. The number of rotatable bonds is 50. The highest BCUT2D eigenvalue weighted by atomic mass is 16.6. The highest BCUT2D eigenvalue weighted by molar-refractivity contribution is 5.71. The number of carbonyl (C=O) groups excluding carboxylic acids is 3. The van der Waals surface area contributed by atoms with Gasteiger partial charge in [-0.2, -0.15) is 0 Å². The lowest BCUT2D eigenvalue weighted by molar-refractivity contribution is -0.167. The van der Waals surface area contributed by atoms with E-state index >= 15 is 0 Å². The van der Waals surface area contributed by atoms with E-state index in [1.54, 1.807) is 0 Å². The van der Waals surface area contributed by atoms with Gasteiger partial charge < -0.3 is 14.2 Å². The zero-order valence-corrected chi connectivity index (χ0v) is 43.0. The Balaban J connectivity index is 4.32. The van der Waals surface area contributed by atoms with Gasteiger partial charge >= 0.3 is 17.9 Å². The quantitative estimate of drug-likeness (QED) is 0.0262. The minimum Gasteiger partial charge on any atom is -0.462 e. The molecule has 0 aromatic heterocycles. The van der Waals surface area contributed by atoms with Crippen LogP contribution in [0.1, 0.15) is 278 Å². The van der Waals surface area contributed by atoms with Crippen molar-refractivity contribution in [3.8, 4) is 0 Å². The first-order valence-corrected chi connectivity index (χ1v) is 27.8. The molecule has 0 amide bonds. The van der Waals surface area contributed by atoms with Crippen LogP contribution in [0.15, 0.2) is 60.8 Å². The molecular formula is C59H104O6. The lowest BCUT2D eigenvalue weighted by atomic mass is 10.1. The molecule has 0 spiro atoms. The van der Waals surface area contributed by atoms with Gasteiger partial charge in [0.15, 0.2) is 6.10 Å². The number of esters is 3. The highest BCUT2D eigenvalue weighted by Gasteiger charge is 2.19. The van der Waals surface area contributed by atoms with Crippen LogP contribution < -0.4 is 0 Å². The minimum absolute atomic E-state index is 0.0778. The molecule has 6 heteroatoms. The van der Waals surface area contributed by atoms with Gasteiger partial charge in [0.05, 0.1) is 0 Å². The number of carbonyl (C=O) groups is 3. The number of ether oxygens (including phenoxy) is 3. The van der Waals surface area contributed by atoms with Crippen LogP contribution in [0.5, 0.6) is 0 Å². The molecule has 0 aromatic rings. The fourth-order valence-electron chi connectivity index (χ4n) is 7.84. The van der Waals surface area contributed by atoms with Gasteiger partial charge in [-0.25, -0.2) is 0 Å². The van der Waals surface area contributed by atoms with Crippen molar-refractivity contribution >= 4 is 17.9 Å². The first kappa shape index (κ1) is 62.1. The molecule has 0 aliphatic carbocycles. The fraction of sp³-hybridized carbons (Fsp3) is 0.780. The molecule has 376 valence electrons. The lowest BCUT2D eigenvalue weighted by Gasteiger charge is -2.18. The summed E-state index contributed by atoms with van der Waals surface area (Å²) in [5.74, 6) is -0.887. The molecule has 0 fully saturated rings. The van der Waals surface area contributed by atoms with Crippen molar-refractivity contribution in [2.75, 3.05) is 13.2 Å². The van der Waals surface area contributed by atoms with Crippen LogP contribution in [-0.2, 0) is 28.6 Å². The number of hydrogen-bond donors (Lipinski definition) is 0. The second kappa shape index (κ2) is 53.7. The molecule has 6 nitrogen and oxygen atoms in total. The Morgan fingerprint density at radius 3 is 0.954 bits per heavy atom. The maximum Gasteiger partial charge on any atom is 0.306 e. The van der Waals surface area contributed by atoms with Crippen LogP contribution in [0.2, 0.25) is 0 Å². The van der Waals surface area contributed by atoms with Crippen molar-refractivity contribution in [2.45, 2.75) is 284 Å². The van der Waals surface area contributed by atoms with E-state index in [1.807, 2.05) is 0 Å². The Labute approximate surface area is 402 Å². The molecule has 1 atom stereocenters. The van der Waals surface area contributed by atoms with Gasteiger partial charge in [0.1, 0.15) is 13.2 Å². The molecular weight excluding hydrogens is 805 g/mol. The van der Waals surface area contributed by atoms with E-state index in [9.17, 15) is 14.4 Å². The maximum absolute atomic E-state index is 12.8. The summed E-state index contributed by atoms with van der Waals surface area (Å²) in [6.07, 6.45) is 66.4. The van der Waals surface area contributed by atoms with Crippen LogP contribution in [-0.4, -0.2) is 37.2 Å². The van der Waals surface area contributed by atoms with Crippen molar-refractivity contribution in [1.29, 1.82) is 0 Å². The lowest BCUT2D eigenvalue weighted by Crippen LogP contribution is -2.30. The number of allylic oxidation sites excluding steroid dienone is 10. The van der Waals surface area contributed by atoms with E-state index in [0.29, 0.717) is 19.3 Å². The Bertz CT molecular complexity index is 1180. The summed E-state index contributed by atoms with van der Waals surface area (Å²) < 4.78 is 16.8. The highest BCUT2D eigenvalue weighted by Crippen LogP contribution is 2.15. The maximum atomic E-state index is 12.8. The molecule has 0 aliphatic heterocycles. The first-order chi connectivity index (χ1) is 32.0. The van der Waals surface area contributed by atoms with Crippen LogP contribution >= 0.6 is 0 Å². The summed E-state index contributed by atoms with van der Waals surface area (Å²) in [5.41, 5.74) is 0. The van der Waals surface area contributed by atoms with Crippen molar-refractivity contribution in [3.63, 3.8) is 0 Å². The van der Waals surface area contributed by atoms with Crippen LogP contribution in [0, 0.1) is 0 Å². The predicted molar refractivity (Wildman–Crippen MR) is 279 cm³/mol. The fourth-order valence-corrected chi connectivity index (χ4v) is 7.84.